The van der Waals surface area contributed by atoms with Gasteiger partial charge in [-0.25, -0.2) is 4.79 Å². The van der Waals surface area contributed by atoms with E-state index >= 15 is 0 Å². The van der Waals surface area contributed by atoms with Crippen molar-refractivity contribution in [1.29, 1.82) is 0 Å². The molecule has 88 valence electrons. The number of rotatable bonds is 4. The highest BCUT2D eigenvalue weighted by molar-refractivity contribution is 5.75. The molecule has 1 N–H and O–H groups in total. The first-order valence-corrected chi connectivity index (χ1v) is 4.95. The minimum absolute atomic E-state index is 0.342. The molecule has 0 fully saturated rings. The van der Waals surface area contributed by atoms with Crippen LogP contribution >= 0.6 is 0 Å². The third kappa shape index (κ3) is 6.76. The van der Waals surface area contributed by atoms with E-state index in [1.54, 1.807) is 20.8 Å². The second-order valence-corrected chi connectivity index (χ2v) is 4.16. The molecule has 5 nitrogen and oxygen atoms in total. The minimum Gasteiger partial charge on any atom is -0.427 e. The summed E-state index contributed by atoms with van der Waals surface area (Å²) in [6.07, 6.45) is 0.259. The first kappa shape index (κ1) is 13.7. The number of hydrogen-bond donors (Lipinski definition) is 1. The molecule has 0 radical (unpaired) electrons. The first-order chi connectivity index (χ1) is 6.88. The van der Waals surface area contributed by atoms with Crippen molar-refractivity contribution in [1.82, 2.24) is 5.32 Å². The van der Waals surface area contributed by atoms with Gasteiger partial charge in [0.15, 0.2) is 0 Å². The molecule has 15 heavy (non-hydrogen) atoms. The van der Waals surface area contributed by atoms with E-state index in [0.717, 1.165) is 6.42 Å². The maximum atomic E-state index is 11.2. The van der Waals surface area contributed by atoms with E-state index in [1.165, 1.54) is 0 Å². The fourth-order valence-corrected chi connectivity index (χ4v) is 0.631. The van der Waals surface area contributed by atoms with Crippen LogP contribution in [0.3, 0.4) is 0 Å². The lowest BCUT2D eigenvalue weighted by molar-refractivity contribution is -0.161. The van der Waals surface area contributed by atoms with E-state index in [1.807, 2.05) is 6.92 Å². The van der Waals surface area contributed by atoms with Crippen LogP contribution in [0.15, 0.2) is 0 Å². The van der Waals surface area contributed by atoms with Gasteiger partial charge in [-0.15, -0.1) is 0 Å². The summed E-state index contributed by atoms with van der Waals surface area (Å²) in [4.78, 5) is 22.1. The lowest BCUT2D eigenvalue weighted by Gasteiger charge is -2.16. The zero-order valence-electron chi connectivity index (χ0n) is 9.75. The van der Waals surface area contributed by atoms with Crippen molar-refractivity contribution in [3.05, 3.63) is 0 Å². The van der Waals surface area contributed by atoms with Crippen molar-refractivity contribution in [3.8, 4) is 0 Å². The quantitative estimate of drug-likeness (QED) is 0.574. The molecule has 5 heteroatoms. The van der Waals surface area contributed by atoms with Crippen molar-refractivity contribution >= 4 is 12.1 Å². The molecule has 0 saturated heterocycles. The second kappa shape index (κ2) is 6.27. The minimum atomic E-state index is -0.580. The summed E-state index contributed by atoms with van der Waals surface area (Å²) in [5.74, 6) is -0.397. The largest absolute Gasteiger partial charge is 0.427 e. The molecule has 1 amide bonds. The molecule has 0 aromatic carbocycles. The van der Waals surface area contributed by atoms with Crippen molar-refractivity contribution < 1.29 is 19.1 Å². The Balaban J connectivity index is 3.62. The first-order valence-electron chi connectivity index (χ1n) is 4.95. The van der Waals surface area contributed by atoms with Gasteiger partial charge in [-0.3, -0.25) is 4.79 Å². The Labute approximate surface area is 90.1 Å². The fraction of sp³-hybridized carbons (Fsp3) is 0.800. The highest BCUT2D eigenvalue weighted by Gasteiger charge is 2.23. The maximum Gasteiger partial charge on any atom is 0.410 e. The molecule has 0 bridgehead atoms. The molecule has 0 saturated carbocycles. The highest BCUT2D eigenvalue weighted by Crippen LogP contribution is 2.14. The van der Waals surface area contributed by atoms with Gasteiger partial charge in [0.05, 0.1) is 5.41 Å². The average Bonchev–Trinajstić information content (AvgIpc) is 2.13. The average molecular weight is 217 g/mol. The van der Waals surface area contributed by atoms with E-state index < -0.39 is 17.5 Å². The van der Waals surface area contributed by atoms with Crippen molar-refractivity contribution in [2.24, 2.45) is 5.41 Å². The molecule has 0 aliphatic carbocycles. The van der Waals surface area contributed by atoms with Gasteiger partial charge in [0.25, 0.3) is 0 Å². The fourth-order valence-electron chi connectivity index (χ4n) is 0.631. The van der Waals surface area contributed by atoms with Crippen LogP contribution in [0.5, 0.6) is 0 Å². The van der Waals surface area contributed by atoms with Crippen LogP contribution in [0.1, 0.15) is 34.1 Å². The highest BCUT2D eigenvalue weighted by atomic mass is 16.7. The van der Waals surface area contributed by atoms with Gasteiger partial charge in [0.1, 0.15) is 0 Å². The summed E-state index contributed by atoms with van der Waals surface area (Å²) >= 11 is 0. The topological polar surface area (TPSA) is 64.6 Å². The van der Waals surface area contributed by atoms with Gasteiger partial charge < -0.3 is 14.8 Å². The number of esters is 1. The van der Waals surface area contributed by atoms with Gasteiger partial charge in [0.2, 0.25) is 6.79 Å². The summed E-state index contributed by atoms with van der Waals surface area (Å²) in [6, 6.07) is 0. The summed E-state index contributed by atoms with van der Waals surface area (Å²) < 4.78 is 9.35. The molecule has 0 heterocycles. The van der Waals surface area contributed by atoms with Crippen LogP contribution in [0.2, 0.25) is 0 Å². The van der Waals surface area contributed by atoms with Crippen LogP contribution in [-0.2, 0) is 14.3 Å². The molecule has 0 unspecified atom stereocenters. The predicted octanol–water partition coefficient (Wildman–Crippen LogP) is 1.67. The lowest BCUT2D eigenvalue weighted by atomic mass is 9.98. The number of carbonyl (C=O) groups excluding carboxylic acids is 2. The molecule has 0 aliphatic rings. The third-order valence-electron chi connectivity index (χ3n) is 1.51. The molecule has 0 aromatic heterocycles. The molecule has 0 rings (SSSR count). The van der Waals surface area contributed by atoms with Crippen LogP contribution in [0, 0.1) is 5.41 Å². The normalized spacial score (nSPS) is 10.7. The number of amides is 1. The van der Waals surface area contributed by atoms with Crippen LogP contribution in [0.4, 0.5) is 4.79 Å². The van der Waals surface area contributed by atoms with Gasteiger partial charge in [-0.1, -0.05) is 6.92 Å². The maximum absolute atomic E-state index is 11.2. The number of nitrogens with one attached hydrogen (secondary N) is 1. The van der Waals surface area contributed by atoms with Crippen LogP contribution in [0.25, 0.3) is 0 Å². The zero-order valence-corrected chi connectivity index (χ0v) is 9.75. The predicted molar refractivity (Wildman–Crippen MR) is 55.2 cm³/mol. The summed E-state index contributed by atoms with van der Waals surface area (Å²) in [7, 11) is 0. The van der Waals surface area contributed by atoms with E-state index in [0.29, 0.717) is 6.54 Å². The Bertz CT molecular complexity index is 220. The Kier molecular flexibility index (Phi) is 5.74. The second-order valence-electron chi connectivity index (χ2n) is 4.16. The van der Waals surface area contributed by atoms with Gasteiger partial charge in [-0.2, -0.15) is 0 Å². The van der Waals surface area contributed by atoms with E-state index in [-0.39, 0.29) is 6.79 Å². The Hall–Kier alpha value is -1.26. The number of carbonyl (C=O) groups is 2. The van der Waals surface area contributed by atoms with E-state index in [9.17, 15) is 9.59 Å². The molecular formula is C10H19NO4. The van der Waals surface area contributed by atoms with Crippen LogP contribution < -0.4 is 5.32 Å². The number of hydrogen-bond acceptors (Lipinski definition) is 4. The number of ether oxygens (including phenoxy) is 2. The zero-order chi connectivity index (χ0) is 11.9. The molecule has 0 aromatic rings. The Morgan fingerprint density at radius 2 is 1.80 bits per heavy atom. The smallest absolute Gasteiger partial charge is 0.410 e. The molecule has 0 spiro atoms. The number of alkyl carbamates (subject to hydrolysis) is 1. The van der Waals surface area contributed by atoms with Gasteiger partial charge in [-0.05, 0) is 27.2 Å². The van der Waals surface area contributed by atoms with Crippen molar-refractivity contribution in [2.45, 2.75) is 34.1 Å². The molecule has 0 aliphatic heterocycles. The van der Waals surface area contributed by atoms with Crippen LogP contribution in [-0.4, -0.2) is 25.4 Å². The summed E-state index contributed by atoms with van der Waals surface area (Å²) in [5.41, 5.74) is -0.580. The SMILES string of the molecule is CCCNC(=O)OCOC(=O)C(C)(C)C. The van der Waals surface area contributed by atoms with E-state index in [2.05, 4.69) is 10.1 Å². The molecular weight excluding hydrogens is 198 g/mol. The lowest BCUT2D eigenvalue weighted by Crippen LogP contribution is -2.29. The van der Waals surface area contributed by atoms with Crippen molar-refractivity contribution in [3.63, 3.8) is 0 Å². The van der Waals surface area contributed by atoms with Crippen molar-refractivity contribution in [2.75, 3.05) is 13.3 Å². The van der Waals surface area contributed by atoms with Gasteiger partial charge >= 0.3 is 12.1 Å². The summed E-state index contributed by atoms with van der Waals surface area (Å²) in [5, 5.41) is 2.49. The van der Waals surface area contributed by atoms with Gasteiger partial charge in [0, 0.05) is 6.54 Å². The molecule has 0 atom stereocenters. The monoisotopic (exact) mass is 217 g/mol. The standard InChI is InChI=1S/C10H19NO4/c1-5-6-11-9(13)15-7-14-8(12)10(2,3)4/h5-7H2,1-4H3,(H,11,13). The Morgan fingerprint density at radius 1 is 1.20 bits per heavy atom. The Morgan fingerprint density at radius 3 is 2.27 bits per heavy atom. The van der Waals surface area contributed by atoms with E-state index in [4.69, 9.17) is 4.74 Å². The third-order valence-corrected chi connectivity index (χ3v) is 1.51. The summed E-state index contributed by atoms with van der Waals surface area (Å²) in [6.45, 7) is 7.32.